The lowest BCUT2D eigenvalue weighted by molar-refractivity contribution is -0.211. The summed E-state index contributed by atoms with van der Waals surface area (Å²) in [6, 6.07) is 0. The van der Waals surface area contributed by atoms with Crippen molar-refractivity contribution in [1.29, 1.82) is 0 Å². The second-order valence-electron chi connectivity index (χ2n) is 4.39. The van der Waals surface area contributed by atoms with Crippen LogP contribution in [0, 0.1) is 0 Å². The molecule has 4 heteroatoms. The highest BCUT2D eigenvalue weighted by Gasteiger charge is 2.54. The maximum atomic E-state index is 5.76. The number of hydrogen-bond donors (Lipinski definition) is 0. The van der Waals surface area contributed by atoms with E-state index < -0.39 is 5.79 Å². The van der Waals surface area contributed by atoms with Gasteiger partial charge >= 0.3 is 0 Å². The van der Waals surface area contributed by atoms with E-state index >= 15 is 0 Å². The van der Waals surface area contributed by atoms with Gasteiger partial charge < -0.3 is 18.9 Å². The van der Waals surface area contributed by atoms with Crippen LogP contribution in [0.2, 0.25) is 0 Å². The molecule has 16 heavy (non-hydrogen) atoms. The maximum absolute atomic E-state index is 5.76. The molecule has 2 heterocycles. The van der Waals surface area contributed by atoms with E-state index in [1.807, 2.05) is 13.8 Å². The number of rotatable bonds is 4. The van der Waals surface area contributed by atoms with Crippen LogP contribution >= 0.6 is 0 Å². The predicted molar refractivity (Wildman–Crippen MR) is 58.8 cm³/mol. The zero-order chi connectivity index (χ0) is 11.8. The minimum absolute atomic E-state index is 0.178. The van der Waals surface area contributed by atoms with E-state index in [1.165, 1.54) is 0 Å². The first-order valence-corrected chi connectivity index (χ1v) is 5.43. The van der Waals surface area contributed by atoms with E-state index in [0.29, 0.717) is 6.61 Å². The van der Waals surface area contributed by atoms with Gasteiger partial charge in [0.05, 0.1) is 6.61 Å². The molecule has 0 aromatic heterocycles. The zero-order valence-corrected chi connectivity index (χ0v) is 9.72. The van der Waals surface area contributed by atoms with E-state index in [2.05, 4.69) is 13.2 Å². The fourth-order valence-electron chi connectivity index (χ4n) is 2.06. The zero-order valence-electron chi connectivity index (χ0n) is 9.72. The van der Waals surface area contributed by atoms with Crippen molar-refractivity contribution in [2.45, 2.75) is 44.2 Å². The minimum Gasteiger partial charge on any atom is -0.368 e. The summed E-state index contributed by atoms with van der Waals surface area (Å²) < 4.78 is 22.7. The molecule has 2 fully saturated rings. The van der Waals surface area contributed by atoms with E-state index in [4.69, 9.17) is 18.9 Å². The Balaban J connectivity index is 2.07. The highest BCUT2D eigenvalue weighted by molar-refractivity contribution is 5.01. The van der Waals surface area contributed by atoms with E-state index in [0.717, 1.165) is 0 Å². The molecule has 0 aliphatic carbocycles. The quantitative estimate of drug-likeness (QED) is 0.683. The van der Waals surface area contributed by atoms with Gasteiger partial charge in [-0.2, -0.15) is 0 Å². The maximum Gasteiger partial charge on any atom is 0.190 e. The SMILES string of the molecule is C=CCO[C@@H]1[C@H]2OC(C)(C)O[C@H]2O[C@H]1C=C. The lowest BCUT2D eigenvalue weighted by Crippen LogP contribution is -2.36. The van der Waals surface area contributed by atoms with Crippen LogP contribution in [0.25, 0.3) is 0 Å². The molecule has 0 amide bonds. The van der Waals surface area contributed by atoms with Gasteiger partial charge in [0, 0.05) is 0 Å². The molecule has 0 aromatic carbocycles. The van der Waals surface area contributed by atoms with Crippen molar-refractivity contribution in [2.24, 2.45) is 0 Å². The van der Waals surface area contributed by atoms with Crippen LogP contribution in [0.4, 0.5) is 0 Å². The first-order valence-electron chi connectivity index (χ1n) is 5.43. The lowest BCUT2D eigenvalue weighted by atomic mass is 10.1. The van der Waals surface area contributed by atoms with Crippen molar-refractivity contribution in [3.63, 3.8) is 0 Å². The van der Waals surface area contributed by atoms with Crippen LogP contribution in [0.3, 0.4) is 0 Å². The van der Waals surface area contributed by atoms with Crippen molar-refractivity contribution in [2.75, 3.05) is 6.61 Å². The summed E-state index contributed by atoms with van der Waals surface area (Å²) in [5.41, 5.74) is 0. The molecule has 2 aliphatic rings. The van der Waals surface area contributed by atoms with Crippen LogP contribution in [0.5, 0.6) is 0 Å². The summed E-state index contributed by atoms with van der Waals surface area (Å²) in [6.45, 7) is 11.5. The third-order valence-corrected chi connectivity index (χ3v) is 2.67. The third-order valence-electron chi connectivity index (χ3n) is 2.67. The summed E-state index contributed by atoms with van der Waals surface area (Å²) in [7, 11) is 0. The van der Waals surface area contributed by atoms with Crippen molar-refractivity contribution < 1.29 is 18.9 Å². The Hall–Kier alpha value is -0.680. The van der Waals surface area contributed by atoms with Crippen LogP contribution in [-0.4, -0.2) is 37.0 Å². The second-order valence-corrected chi connectivity index (χ2v) is 4.39. The average molecular weight is 226 g/mol. The van der Waals surface area contributed by atoms with Crippen LogP contribution in [0.1, 0.15) is 13.8 Å². The Kier molecular flexibility index (Phi) is 3.17. The molecule has 0 unspecified atom stereocenters. The van der Waals surface area contributed by atoms with Crippen LogP contribution in [-0.2, 0) is 18.9 Å². The number of hydrogen-bond acceptors (Lipinski definition) is 4. The van der Waals surface area contributed by atoms with Gasteiger partial charge in [-0.25, -0.2) is 0 Å². The molecular weight excluding hydrogens is 208 g/mol. The van der Waals surface area contributed by atoms with Gasteiger partial charge in [-0.3, -0.25) is 0 Å². The third kappa shape index (κ3) is 2.06. The van der Waals surface area contributed by atoms with Gasteiger partial charge in [0.25, 0.3) is 0 Å². The van der Waals surface area contributed by atoms with Crippen molar-refractivity contribution in [1.82, 2.24) is 0 Å². The highest BCUT2D eigenvalue weighted by atomic mass is 16.8. The van der Waals surface area contributed by atoms with E-state index in [-0.39, 0.29) is 24.6 Å². The Morgan fingerprint density at radius 2 is 2.06 bits per heavy atom. The van der Waals surface area contributed by atoms with Crippen molar-refractivity contribution in [3.8, 4) is 0 Å². The molecule has 0 N–H and O–H groups in total. The van der Waals surface area contributed by atoms with E-state index in [1.54, 1.807) is 12.2 Å². The molecule has 4 nitrogen and oxygen atoms in total. The number of fused-ring (bicyclic) bond motifs is 1. The molecule has 0 radical (unpaired) electrons. The van der Waals surface area contributed by atoms with Gasteiger partial charge in [0.1, 0.15) is 18.3 Å². The monoisotopic (exact) mass is 226 g/mol. The Morgan fingerprint density at radius 1 is 1.31 bits per heavy atom. The van der Waals surface area contributed by atoms with Gasteiger partial charge in [-0.15, -0.1) is 13.2 Å². The van der Waals surface area contributed by atoms with Gasteiger partial charge in [-0.05, 0) is 13.8 Å². The summed E-state index contributed by atoms with van der Waals surface area (Å²) >= 11 is 0. The fourth-order valence-corrected chi connectivity index (χ4v) is 2.06. The molecule has 0 bridgehead atoms. The molecule has 0 spiro atoms. The normalized spacial score (nSPS) is 40.6. The molecule has 90 valence electrons. The molecule has 0 saturated carbocycles. The van der Waals surface area contributed by atoms with Gasteiger partial charge in [0.2, 0.25) is 0 Å². The standard InChI is InChI=1S/C12H18O4/c1-5-7-13-9-8(6-2)14-11-10(9)15-12(3,4)16-11/h5-6,8-11H,1-2,7H2,3-4H3/t8-,9-,10+,11+/m0/s1. The Morgan fingerprint density at radius 3 is 2.69 bits per heavy atom. The molecular formula is C12H18O4. The predicted octanol–water partition coefficient (Wildman–Crippen LogP) is 1.62. The summed E-state index contributed by atoms with van der Waals surface area (Å²) in [5, 5.41) is 0. The van der Waals surface area contributed by atoms with Crippen molar-refractivity contribution >= 4 is 0 Å². The summed E-state index contributed by atoms with van der Waals surface area (Å²) in [6.07, 6.45) is 2.49. The smallest absolute Gasteiger partial charge is 0.190 e. The van der Waals surface area contributed by atoms with E-state index in [9.17, 15) is 0 Å². The lowest BCUT2D eigenvalue weighted by Gasteiger charge is -2.24. The largest absolute Gasteiger partial charge is 0.368 e. The summed E-state index contributed by atoms with van der Waals surface area (Å²) in [4.78, 5) is 0. The molecule has 4 atom stereocenters. The molecule has 2 saturated heterocycles. The topological polar surface area (TPSA) is 36.9 Å². The molecule has 0 aromatic rings. The minimum atomic E-state index is -0.614. The highest BCUT2D eigenvalue weighted by Crippen LogP contribution is 2.38. The van der Waals surface area contributed by atoms with Crippen LogP contribution < -0.4 is 0 Å². The average Bonchev–Trinajstić information content (AvgIpc) is 2.67. The van der Waals surface area contributed by atoms with Crippen LogP contribution in [0.15, 0.2) is 25.3 Å². The first-order chi connectivity index (χ1) is 7.57. The fraction of sp³-hybridized carbons (Fsp3) is 0.667. The second kappa shape index (κ2) is 4.30. The molecule has 2 aliphatic heterocycles. The first kappa shape index (κ1) is 11.8. The van der Waals surface area contributed by atoms with Gasteiger partial charge in [0.15, 0.2) is 12.1 Å². The van der Waals surface area contributed by atoms with Crippen molar-refractivity contribution in [3.05, 3.63) is 25.3 Å². The van der Waals surface area contributed by atoms with Gasteiger partial charge in [-0.1, -0.05) is 12.2 Å². The summed E-state index contributed by atoms with van der Waals surface area (Å²) in [5.74, 6) is -0.614. The Labute approximate surface area is 95.8 Å². The molecule has 2 rings (SSSR count). The Bertz CT molecular complexity index is 287. The number of ether oxygens (including phenoxy) is 4.